The van der Waals surface area contributed by atoms with Crippen molar-refractivity contribution in [3.8, 4) is 5.75 Å². The molecule has 0 fully saturated rings. The summed E-state index contributed by atoms with van der Waals surface area (Å²) >= 11 is 0. The number of nitrogens with zero attached hydrogens (tertiary/aromatic N) is 1. The molecule has 1 atom stereocenters. The lowest BCUT2D eigenvalue weighted by Crippen LogP contribution is -2.36. The first kappa shape index (κ1) is 19.4. The van der Waals surface area contributed by atoms with Crippen molar-refractivity contribution < 1.29 is 9.53 Å². The zero-order chi connectivity index (χ0) is 19.8. The van der Waals surface area contributed by atoms with Gasteiger partial charge in [0, 0.05) is 24.5 Å². The van der Waals surface area contributed by atoms with E-state index in [9.17, 15) is 4.79 Å². The first-order valence-corrected chi connectivity index (χ1v) is 9.32. The predicted molar refractivity (Wildman–Crippen MR) is 110 cm³/mol. The summed E-state index contributed by atoms with van der Waals surface area (Å²) in [6.07, 6.45) is 3.53. The minimum Gasteiger partial charge on any atom is -0.489 e. The molecule has 3 rings (SSSR count). The van der Waals surface area contributed by atoms with Crippen LogP contribution in [0.3, 0.4) is 0 Å². The summed E-state index contributed by atoms with van der Waals surface area (Å²) in [4.78, 5) is 16.2. The Balaban J connectivity index is 1.43. The highest BCUT2D eigenvalue weighted by atomic mass is 16.5. The maximum absolute atomic E-state index is 12.1. The van der Waals surface area contributed by atoms with Gasteiger partial charge in [0.05, 0.1) is 6.04 Å². The molecule has 0 saturated carbocycles. The van der Waals surface area contributed by atoms with Crippen molar-refractivity contribution in [1.82, 2.24) is 15.6 Å². The molecule has 0 saturated heterocycles. The van der Waals surface area contributed by atoms with Gasteiger partial charge in [-0.3, -0.25) is 4.98 Å². The molecular weight excluding hydrogens is 350 g/mol. The van der Waals surface area contributed by atoms with E-state index in [0.717, 1.165) is 22.4 Å². The molecule has 1 aromatic heterocycles. The van der Waals surface area contributed by atoms with Crippen molar-refractivity contribution in [2.75, 3.05) is 0 Å². The number of rotatable bonds is 7. The van der Waals surface area contributed by atoms with E-state index in [1.807, 2.05) is 74.5 Å². The summed E-state index contributed by atoms with van der Waals surface area (Å²) < 4.78 is 5.74. The van der Waals surface area contributed by atoms with E-state index in [2.05, 4.69) is 15.6 Å². The molecule has 2 amide bonds. The zero-order valence-electron chi connectivity index (χ0n) is 16.2. The second kappa shape index (κ2) is 9.55. The number of aryl methyl sites for hydroxylation is 1. The van der Waals surface area contributed by atoms with E-state index in [1.165, 1.54) is 5.56 Å². The third kappa shape index (κ3) is 5.84. The number of carbonyl (C=O) groups is 1. The maximum Gasteiger partial charge on any atom is 0.315 e. The number of carbonyl (C=O) groups excluding carboxylic acids is 1. The summed E-state index contributed by atoms with van der Waals surface area (Å²) in [6, 6.07) is 19.5. The van der Waals surface area contributed by atoms with Crippen LogP contribution in [0, 0.1) is 6.92 Å². The van der Waals surface area contributed by atoms with Crippen molar-refractivity contribution in [2.24, 2.45) is 0 Å². The molecule has 28 heavy (non-hydrogen) atoms. The number of hydrogen-bond donors (Lipinski definition) is 2. The lowest BCUT2D eigenvalue weighted by molar-refractivity contribution is 0.237. The van der Waals surface area contributed by atoms with Crippen LogP contribution in [0.1, 0.15) is 35.2 Å². The van der Waals surface area contributed by atoms with Gasteiger partial charge in [0.15, 0.2) is 0 Å². The first-order chi connectivity index (χ1) is 13.6. The van der Waals surface area contributed by atoms with E-state index in [-0.39, 0.29) is 12.1 Å². The fourth-order valence-corrected chi connectivity index (χ4v) is 2.72. The fraction of sp³-hybridized carbons (Fsp3) is 0.217. The topological polar surface area (TPSA) is 63.2 Å². The van der Waals surface area contributed by atoms with Crippen LogP contribution >= 0.6 is 0 Å². The number of benzene rings is 2. The largest absolute Gasteiger partial charge is 0.489 e. The van der Waals surface area contributed by atoms with Gasteiger partial charge in [-0.05, 0) is 43.2 Å². The molecule has 0 aliphatic rings. The number of ether oxygens (including phenoxy) is 1. The van der Waals surface area contributed by atoms with E-state index in [1.54, 1.807) is 12.4 Å². The Labute approximate surface area is 165 Å². The molecule has 5 heteroatoms. The SMILES string of the molecule is Cc1ccc(C(C)NC(=O)NCc2ccc(OCc3cccnc3)cc2)cc1. The monoisotopic (exact) mass is 375 g/mol. The Bertz CT molecular complexity index is 878. The number of aromatic nitrogens is 1. The molecule has 144 valence electrons. The molecule has 5 nitrogen and oxygen atoms in total. The van der Waals surface area contributed by atoms with Gasteiger partial charge >= 0.3 is 6.03 Å². The van der Waals surface area contributed by atoms with Gasteiger partial charge < -0.3 is 15.4 Å². The Morgan fingerprint density at radius 2 is 1.79 bits per heavy atom. The van der Waals surface area contributed by atoms with E-state index in [0.29, 0.717) is 13.2 Å². The Kier molecular flexibility index (Phi) is 6.63. The second-order valence-corrected chi connectivity index (χ2v) is 6.75. The van der Waals surface area contributed by atoms with Gasteiger partial charge in [0.1, 0.15) is 12.4 Å². The molecule has 0 radical (unpaired) electrons. The van der Waals surface area contributed by atoms with Crippen LogP contribution in [0.2, 0.25) is 0 Å². The zero-order valence-corrected chi connectivity index (χ0v) is 16.2. The van der Waals surface area contributed by atoms with Crippen molar-refractivity contribution in [3.63, 3.8) is 0 Å². The third-order valence-electron chi connectivity index (χ3n) is 4.43. The maximum atomic E-state index is 12.1. The first-order valence-electron chi connectivity index (χ1n) is 9.32. The van der Waals surface area contributed by atoms with Gasteiger partial charge in [0.25, 0.3) is 0 Å². The number of hydrogen-bond acceptors (Lipinski definition) is 3. The van der Waals surface area contributed by atoms with Crippen molar-refractivity contribution in [1.29, 1.82) is 0 Å². The van der Waals surface area contributed by atoms with Gasteiger partial charge in [-0.25, -0.2) is 4.79 Å². The highest BCUT2D eigenvalue weighted by molar-refractivity contribution is 5.74. The number of amides is 2. The van der Waals surface area contributed by atoms with E-state index in [4.69, 9.17) is 4.74 Å². The second-order valence-electron chi connectivity index (χ2n) is 6.75. The molecule has 1 heterocycles. The van der Waals surface area contributed by atoms with Gasteiger partial charge in [-0.15, -0.1) is 0 Å². The third-order valence-corrected chi connectivity index (χ3v) is 4.43. The lowest BCUT2D eigenvalue weighted by atomic mass is 10.1. The van der Waals surface area contributed by atoms with Crippen molar-refractivity contribution >= 4 is 6.03 Å². The average molecular weight is 375 g/mol. The highest BCUT2D eigenvalue weighted by Crippen LogP contribution is 2.15. The van der Waals surface area contributed by atoms with Crippen LogP contribution in [0.5, 0.6) is 5.75 Å². The van der Waals surface area contributed by atoms with Crippen LogP contribution in [-0.2, 0) is 13.2 Å². The van der Waals surface area contributed by atoms with Crippen LogP contribution in [0.25, 0.3) is 0 Å². The molecule has 2 N–H and O–H groups in total. The van der Waals surface area contributed by atoms with Crippen LogP contribution < -0.4 is 15.4 Å². The summed E-state index contributed by atoms with van der Waals surface area (Å²) in [5, 5.41) is 5.84. The Morgan fingerprint density at radius 1 is 1.04 bits per heavy atom. The van der Waals surface area contributed by atoms with E-state index < -0.39 is 0 Å². The van der Waals surface area contributed by atoms with Gasteiger partial charge in [-0.2, -0.15) is 0 Å². The average Bonchev–Trinajstić information content (AvgIpc) is 2.72. The molecular formula is C23H25N3O2. The molecule has 0 spiro atoms. The number of urea groups is 1. The Morgan fingerprint density at radius 3 is 2.46 bits per heavy atom. The molecule has 0 aliphatic carbocycles. The summed E-state index contributed by atoms with van der Waals surface area (Å²) in [5.74, 6) is 0.782. The summed E-state index contributed by atoms with van der Waals surface area (Å²) in [5.41, 5.74) is 4.31. The summed E-state index contributed by atoms with van der Waals surface area (Å²) in [6.45, 7) is 4.95. The van der Waals surface area contributed by atoms with Crippen LogP contribution in [0.15, 0.2) is 73.1 Å². The molecule has 0 bridgehead atoms. The molecule has 0 aliphatic heterocycles. The highest BCUT2D eigenvalue weighted by Gasteiger charge is 2.09. The van der Waals surface area contributed by atoms with Crippen molar-refractivity contribution in [3.05, 3.63) is 95.3 Å². The lowest BCUT2D eigenvalue weighted by Gasteiger charge is -2.15. The van der Waals surface area contributed by atoms with Crippen LogP contribution in [-0.4, -0.2) is 11.0 Å². The predicted octanol–water partition coefficient (Wildman–Crippen LogP) is 4.53. The number of nitrogens with one attached hydrogen (secondary N) is 2. The summed E-state index contributed by atoms with van der Waals surface area (Å²) in [7, 11) is 0. The molecule has 1 unspecified atom stereocenters. The quantitative estimate of drug-likeness (QED) is 0.638. The number of pyridine rings is 1. The minimum absolute atomic E-state index is 0.0520. The van der Waals surface area contributed by atoms with E-state index >= 15 is 0 Å². The van der Waals surface area contributed by atoms with Crippen molar-refractivity contribution in [2.45, 2.75) is 33.0 Å². The fourth-order valence-electron chi connectivity index (χ4n) is 2.72. The standard InChI is InChI=1S/C23H25N3O2/c1-17-5-9-21(10-6-17)18(2)26-23(27)25-15-19-7-11-22(12-8-19)28-16-20-4-3-13-24-14-20/h3-14,18H,15-16H2,1-2H3,(H2,25,26,27). The van der Waals surface area contributed by atoms with Crippen LogP contribution in [0.4, 0.5) is 4.79 Å². The Hall–Kier alpha value is -3.34. The van der Waals surface area contributed by atoms with Gasteiger partial charge in [-0.1, -0.05) is 48.0 Å². The minimum atomic E-state index is -0.190. The smallest absolute Gasteiger partial charge is 0.315 e. The normalized spacial score (nSPS) is 11.5. The molecule has 2 aromatic carbocycles. The molecule has 3 aromatic rings. The van der Waals surface area contributed by atoms with Gasteiger partial charge in [0.2, 0.25) is 0 Å².